The Morgan fingerprint density at radius 2 is 1.69 bits per heavy atom. The summed E-state index contributed by atoms with van der Waals surface area (Å²) in [5, 5.41) is 19.6. The maximum atomic E-state index is 14.4. The standard InChI is InChI=1S/C60H77ClN6O16S/c1-35-10-9-11-46(80-8)60(78)30-48(82-57(77)64-60)59(4)34-58(3,83-59)47(29-51(72)66(6)43-26-39(24-35)27-44(79-7)53(43)61)81-56(76)36(2)65(5)50(71)20-23-84-45-28-52(73)67(55(45)75)22-21-62-54(74)40-16-13-38(14-17-40)31-63-49(70)19-15-37-12-18-41(32-68)42(25-37)33-69/h9-12,18,25-27,32-33,36,38,40,45-48,78H,13-17,19-24,28-31,34H2,1-8H3,(H,62,74)(H,63,70)(H,64,77)/b11-9+,35-10+/t36-,38-,40-,45?,46?,47-,48?,58?,59?,60?/m0/s1. The fraction of sp³-hybridized carbons (Fsp3) is 0.567. The average Bonchev–Trinajstić information content (AvgIpc) is 0.913. The lowest BCUT2D eigenvalue weighted by atomic mass is 9.72. The van der Waals surface area contributed by atoms with E-state index < -0.39 is 88.6 Å². The van der Waals surface area contributed by atoms with Crippen molar-refractivity contribution in [1.29, 1.82) is 0 Å². The zero-order chi connectivity index (χ0) is 61.3. The number of rotatable bonds is 20. The predicted molar refractivity (Wildman–Crippen MR) is 310 cm³/mol. The van der Waals surface area contributed by atoms with E-state index in [2.05, 4.69) is 16.0 Å². The van der Waals surface area contributed by atoms with Crippen molar-refractivity contribution in [2.75, 3.05) is 58.6 Å². The van der Waals surface area contributed by atoms with Gasteiger partial charge in [0.25, 0.3) is 0 Å². The number of imide groups is 1. The number of ether oxygens (including phenoxy) is 5. The van der Waals surface area contributed by atoms with Crippen molar-refractivity contribution < 1.29 is 76.7 Å². The number of halogens is 1. The molecule has 456 valence electrons. The summed E-state index contributed by atoms with van der Waals surface area (Å²) in [5.74, 6) is -2.52. The molecule has 6 unspecified atom stereocenters. The van der Waals surface area contributed by atoms with Crippen LogP contribution in [-0.4, -0.2) is 175 Å². The van der Waals surface area contributed by atoms with Crippen LogP contribution in [-0.2, 0) is 65.4 Å². The number of hydrogen-bond acceptors (Lipinski definition) is 17. The van der Waals surface area contributed by atoms with Gasteiger partial charge in [0.1, 0.15) is 46.3 Å². The number of alkyl carbamates (subject to hydrolysis) is 1. The van der Waals surface area contributed by atoms with Crippen LogP contribution in [0.2, 0.25) is 5.02 Å². The summed E-state index contributed by atoms with van der Waals surface area (Å²) in [6.07, 6.45) is 5.25. The first-order chi connectivity index (χ1) is 39.8. The minimum atomic E-state index is -1.92. The van der Waals surface area contributed by atoms with Crippen LogP contribution in [0, 0.1) is 11.8 Å². The number of anilines is 1. The van der Waals surface area contributed by atoms with Crippen LogP contribution in [0.3, 0.4) is 0 Å². The Morgan fingerprint density at radius 3 is 2.37 bits per heavy atom. The molecule has 6 bridgehead atoms. The van der Waals surface area contributed by atoms with Gasteiger partial charge in [0.15, 0.2) is 18.3 Å². The molecule has 22 nitrogen and oxygen atoms in total. The highest BCUT2D eigenvalue weighted by atomic mass is 35.5. The maximum Gasteiger partial charge on any atom is 0.409 e. The number of benzene rings is 2. The maximum absolute atomic E-state index is 14.4. The number of aryl methyl sites for hydroxylation is 1. The van der Waals surface area contributed by atoms with E-state index >= 15 is 0 Å². The predicted octanol–water partition coefficient (Wildman–Crippen LogP) is 5.21. The van der Waals surface area contributed by atoms with Gasteiger partial charge in [-0.25, -0.2) is 9.59 Å². The van der Waals surface area contributed by atoms with Crippen molar-refractivity contribution in [2.24, 2.45) is 11.8 Å². The Labute approximate surface area is 498 Å². The van der Waals surface area contributed by atoms with Gasteiger partial charge in [0, 0.05) is 95.7 Å². The SMILES string of the molecule is COc1cc2cc(c1Cl)N(C)C(=O)C[C@H](OC(=O)[C@H](C)N(C)C(=O)CCSC1CC(=O)N(CCNC(=O)[C@H]3CC[C@H](CNC(=O)CCc4ccc(C=O)c(C=O)c4)CC3)C1=O)C1(C)CC(C)(O1)C1CC(O)(NC(=O)O1)C(OC)/C=C/C=C(\C)C2. The quantitative estimate of drug-likeness (QED) is 0.0752. The average molecular weight is 1210 g/mol. The molecule has 4 fully saturated rings. The zero-order valence-electron chi connectivity index (χ0n) is 48.8. The van der Waals surface area contributed by atoms with Gasteiger partial charge in [-0.3, -0.25) is 48.6 Å². The van der Waals surface area contributed by atoms with E-state index in [-0.39, 0.29) is 85.2 Å². The number of carbonyl (C=O) groups excluding carboxylic acids is 10. The molecule has 2 aromatic carbocycles. The van der Waals surface area contributed by atoms with Gasteiger partial charge in [-0.05, 0) is 101 Å². The topological polar surface area (TPSA) is 283 Å². The van der Waals surface area contributed by atoms with Crippen LogP contribution in [0.4, 0.5) is 10.5 Å². The highest BCUT2D eigenvalue weighted by Gasteiger charge is 2.63. The Morgan fingerprint density at radius 1 is 0.976 bits per heavy atom. The number of amides is 7. The minimum Gasteiger partial charge on any atom is -0.495 e. The fourth-order valence-corrected chi connectivity index (χ4v) is 13.1. The molecule has 24 heteroatoms. The number of nitrogens with zero attached hydrogens (tertiary/aromatic N) is 3. The van der Waals surface area contributed by atoms with Crippen molar-refractivity contribution in [3.63, 3.8) is 0 Å². The first-order valence-electron chi connectivity index (χ1n) is 28.2. The number of aliphatic hydroxyl groups is 1. The molecule has 5 heterocycles. The summed E-state index contributed by atoms with van der Waals surface area (Å²) in [4.78, 5) is 133. The number of carbonyl (C=O) groups is 10. The number of likely N-dealkylation sites (tertiary alicyclic amines) is 1. The molecule has 0 radical (unpaired) electrons. The summed E-state index contributed by atoms with van der Waals surface area (Å²) in [7, 11) is 5.83. The molecular weight excluding hydrogens is 1130 g/mol. The van der Waals surface area contributed by atoms with Crippen molar-refractivity contribution >= 4 is 89.1 Å². The zero-order valence-corrected chi connectivity index (χ0v) is 50.4. The number of aldehydes is 2. The second kappa shape index (κ2) is 28.0. The summed E-state index contributed by atoms with van der Waals surface area (Å²) in [6.45, 7) is 7.25. The summed E-state index contributed by atoms with van der Waals surface area (Å²) < 4.78 is 29.7. The van der Waals surface area contributed by atoms with E-state index in [1.54, 1.807) is 56.3 Å². The van der Waals surface area contributed by atoms with Gasteiger partial charge in [-0.15, -0.1) is 11.8 Å². The lowest BCUT2D eigenvalue weighted by Gasteiger charge is -2.59. The van der Waals surface area contributed by atoms with E-state index in [0.717, 1.165) is 46.2 Å². The number of allylic oxidation sites excluding steroid dienone is 3. The second-order valence-electron chi connectivity index (χ2n) is 22.9. The molecule has 84 heavy (non-hydrogen) atoms. The molecular formula is C60H77ClN6O16S. The molecule has 0 spiro atoms. The first kappa shape index (κ1) is 64.9. The van der Waals surface area contributed by atoms with Gasteiger partial charge in [-0.2, -0.15) is 0 Å². The lowest BCUT2D eigenvalue weighted by Crippen LogP contribution is -2.72. The summed E-state index contributed by atoms with van der Waals surface area (Å²) in [6, 6.07) is 7.24. The van der Waals surface area contributed by atoms with Gasteiger partial charge >= 0.3 is 12.1 Å². The Kier molecular flexibility index (Phi) is 21.7. The van der Waals surface area contributed by atoms with E-state index in [1.807, 2.05) is 13.0 Å². The third-order valence-electron chi connectivity index (χ3n) is 16.8. The molecule has 2 aromatic rings. The largest absolute Gasteiger partial charge is 0.495 e. The number of fused-ring (bicyclic) bond motifs is 6. The second-order valence-corrected chi connectivity index (χ2v) is 24.6. The van der Waals surface area contributed by atoms with Crippen molar-refractivity contribution in [1.82, 2.24) is 25.8 Å². The molecule has 7 amide bonds. The van der Waals surface area contributed by atoms with Crippen LogP contribution in [0.15, 0.2) is 54.1 Å². The van der Waals surface area contributed by atoms with Gasteiger partial charge in [0.2, 0.25) is 35.4 Å². The van der Waals surface area contributed by atoms with E-state index in [1.165, 1.54) is 45.0 Å². The lowest BCUT2D eigenvalue weighted by molar-refractivity contribution is -0.328. The smallest absolute Gasteiger partial charge is 0.409 e. The number of nitrogens with one attached hydrogen (secondary N) is 3. The number of methoxy groups -OCH3 is 2. The highest BCUT2D eigenvalue weighted by Crippen LogP contribution is 2.51. The minimum absolute atomic E-state index is 0.0122. The monoisotopic (exact) mass is 1200 g/mol. The molecule has 0 aromatic heterocycles. The van der Waals surface area contributed by atoms with Crippen LogP contribution in [0.1, 0.15) is 124 Å². The number of thioether (sulfide) groups is 1. The third kappa shape index (κ3) is 15.4. The van der Waals surface area contributed by atoms with E-state index in [4.69, 9.17) is 35.3 Å². The normalized spacial score (nSPS) is 28.5. The summed E-state index contributed by atoms with van der Waals surface area (Å²) >= 11 is 7.97. The van der Waals surface area contributed by atoms with Crippen LogP contribution in [0.5, 0.6) is 5.75 Å². The van der Waals surface area contributed by atoms with Gasteiger partial charge < -0.3 is 49.2 Å². The molecule has 5 aliphatic heterocycles. The fourth-order valence-electron chi connectivity index (χ4n) is 11.7. The van der Waals surface area contributed by atoms with Crippen LogP contribution < -0.4 is 25.6 Å². The van der Waals surface area contributed by atoms with Gasteiger partial charge in [0.05, 0.1) is 24.5 Å². The Balaban J connectivity index is 0.895. The Bertz CT molecular complexity index is 2920. The molecule has 1 saturated carbocycles. The van der Waals surface area contributed by atoms with Crippen LogP contribution >= 0.6 is 23.4 Å². The molecule has 8 rings (SSSR count). The highest BCUT2D eigenvalue weighted by molar-refractivity contribution is 8.00. The Hall–Kier alpha value is -6.66. The molecule has 6 aliphatic rings. The molecule has 1 aliphatic carbocycles. The third-order valence-corrected chi connectivity index (χ3v) is 18.4. The van der Waals surface area contributed by atoms with E-state index in [0.29, 0.717) is 61.8 Å². The molecule has 3 saturated heterocycles. The van der Waals surface area contributed by atoms with Crippen molar-refractivity contribution in [3.05, 3.63) is 81.4 Å². The summed E-state index contributed by atoms with van der Waals surface area (Å²) in [5.41, 5.74) is -1.20. The van der Waals surface area contributed by atoms with Gasteiger partial charge in [-0.1, -0.05) is 47.5 Å². The van der Waals surface area contributed by atoms with E-state index in [9.17, 15) is 53.1 Å². The van der Waals surface area contributed by atoms with Crippen molar-refractivity contribution in [3.8, 4) is 5.75 Å². The number of esters is 1. The molecule has 4 N–H and O–H groups in total. The van der Waals surface area contributed by atoms with Crippen LogP contribution in [0.25, 0.3) is 0 Å². The first-order valence-corrected chi connectivity index (χ1v) is 29.7. The number of likely N-dealkylation sites (N-methyl/N-ethyl adjacent to an activating group) is 1. The molecule has 8 atom stereocenters. The van der Waals surface area contributed by atoms with Crippen molar-refractivity contribution in [2.45, 2.75) is 151 Å². The number of hydrogen-bond donors (Lipinski definition) is 4.